The summed E-state index contributed by atoms with van der Waals surface area (Å²) in [5.74, 6) is 0. The Morgan fingerprint density at radius 3 is 1.18 bits per heavy atom. The fourth-order valence-corrected chi connectivity index (χ4v) is 3.64. The number of rotatable bonds is 6. The zero-order valence-corrected chi connectivity index (χ0v) is 18.6. The Morgan fingerprint density at radius 2 is 0.765 bits per heavy atom. The van der Waals surface area contributed by atoms with E-state index in [1.165, 1.54) is 22.3 Å². The van der Waals surface area contributed by atoms with E-state index < -0.39 is 0 Å². The van der Waals surface area contributed by atoms with Gasteiger partial charge in [-0.25, -0.2) is 4.98 Å². The summed E-state index contributed by atoms with van der Waals surface area (Å²) in [7, 11) is 0. The molecule has 0 atom stereocenters. The normalized spacial score (nSPS) is 11.3. The summed E-state index contributed by atoms with van der Waals surface area (Å²) in [6, 6.07) is 42.9. The molecule has 3 nitrogen and oxygen atoms in total. The highest BCUT2D eigenvalue weighted by molar-refractivity contribution is 5.84. The van der Waals surface area contributed by atoms with Gasteiger partial charge in [0.25, 0.3) is 0 Å². The molecule has 3 heteroatoms. The van der Waals surface area contributed by atoms with E-state index in [0.717, 1.165) is 22.8 Å². The number of hydrogen-bond acceptors (Lipinski definition) is 3. The van der Waals surface area contributed by atoms with Gasteiger partial charge < -0.3 is 0 Å². The van der Waals surface area contributed by atoms with Crippen molar-refractivity contribution in [1.29, 1.82) is 0 Å². The molecule has 0 aliphatic carbocycles. The van der Waals surface area contributed by atoms with E-state index in [9.17, 15) is 0 Å². The van der Waals surface area contributed by atoms with E-state index >= 15 is 0 Å². The van der Waals surface area contributed by atoms with Crippen LogP contribution in [0.5, 0.6) is 0 Å². The van der Waals surface area contributed by atoms with Gasteiger partial charge in [-0.1, -0.05) is 91.0 Å². The van der Waals surface area contributed by atoms with Gasteiger partial charge in [-0.3, -0.25) is 9.98 Å². The predicted molar refractivity (Wildman–Crippen MR) is 143 cm³/mol. The minimum absolute atomic E-state index is 0.788. The molecule has 34 heavy (non-hydrogen) atoms. The van der Waals surface area contributed by atoms with Crippen LogP contribution in [0.15, 0.2) is 137 Å². The largest absolute Gasteiger partial charge is 0.255 e. The zero-order valence-electron chi connectivity index (χ0n) is 18.6. The zero-order chi connectivity index (χ0) is 23.0. The Hall–Kier alpha value is -4.63. The van der Waals surface area contributed by atoms with Crippen molar-refractivity contribution < 1.29 is 0 Å². The Balaban J connectivity index is 1.25. The van der Waals surface area contributed by atoms with Gasteiger partial charge in [0.15, 0.2) is 0 Å². The third kappa shape index (κ3) is 5.40. The van der Waals surface area contributed by atoms with Crippen molar-refractivity contribution in [1.82, 2.24) is 4.98 Å². The second-order valence-electron chi connectivity index (χ2n) is 7.83. The lowest BCUT2D eigenvalue weighted by atomic mass is 10.1. The van der Waals surface area contributed by atoms with Crippen molar-refractivity contribution in [2.24, 2.45) is 9.98 Å². The van der Waals surface area contributed by atoms with Crippen LogP contribution in [-0.4, -0.2) is 17.4 Å². The van der Waals surface area contributed by atoms with Crippen molar-refractivity contribution >= 4 is 23.8 Å². The molecule has 1 heterocycles. The lowest BCUT2D eigenvalue weighted by molar-refractivity contribution is 1.27. The molecule has 0 aliphatic rings. The molecule has 0 saturated carbocycles. The van der Waals surface area contributed by atoms with E-state index in [4.69, 9.17) is 0 Å². The molecule has 5 aromatic rings. The van der Waals surface area contributed by atoms with Crippen LogP contribution in [0, 0.1) is 0 Å². The van der Waals surface area contributed by atoms with E-state index in [1.54, 1.807) is 12.4 Å². The standard InChI is InChI=1S/C31H23N3/c1-3-8-24(9-4-1)26-14-18-28(19-15-26)32-22-30-12-7-13-31(34-30)23-33-29-20-16-27(17-21-29)25-10-5-2-6-11-25/h1-23H. The second-order valence-corrected chi connectivity index (χ2v) is 7.83. The van der Waals surface area contributed by atoms with Gasteiger partial charge >= 0.3 is 0 Å². The van der Waals surface area contributed by atoms with Gasteiger partial charge in [0, 0.05) is 0 Å². The number of benzene rings is 4. The Labute approximate surface area is 199 Å². The fourth-order valence-electron chi connectivity index (χ4n) is 3.64. The number of hydrogen-bond donors (Lipinski definition) is 0. The monoisotopic (exact) mass is 437 g/mol. The topological polar surface area (TPSA) is 37.6 Å². The van der Waals surface area contributed by atoms with Gasteiger partial charge in [-0.15, -0.1) is 0 Å². The van der Waals surface area contributed by atoms with Gasteiger partial charge in [-0.05, 0) is 58.7 Å². The highest BCUT2D eigenvalue weighted by atomic mass is 14.8. The maximum atomic E-state index is 4.63. The summed E-state index contributed by atoms with van der Waals surface area (Å²) < 4.78 is 0. The van der Waals surface area contributed by atoms with Gasteiger partial charge in [0.2, 0.25) is 0 Å². The summed E-state index contributed by atoms with van der Waals surface area (Å²) in [6.45, 7) is 0. The molecule has 4 aromatic carbocycles. The maximum absolute atomic E-state index is 4.63. The van der Waals surface area contributed by atoms with Crippen molar-refractivity contribution in [2.75, 3.05) is 0 Å². The SMILES string of the molecule is C(=Nc1ccc(-c2ccccc2)cc1)c1cccc(C=Nc2ccc(-c3ccccc3)cc2)n1. The fraction of sp³-hybridized carbons (Fsp3) is 0. The molecule has 5 rings (SSSR count). The van der Waals surface area contributed by atoms with E-state index in [-0.39, 0.29) is 0 Å². The highest BCUT2D eigenvalue weighted by Gasteiger charge is 1.99. The molecule has 0 radical (unpaired) electrons. The summed E-state index contributed by atoms with van der Waals surface area (Å²) in [4.78, 5) is 13.8. The first-order valence-electron chi connectivity index (χ1n) is 11.2. The van der Waals surface area contributed by atoms with E-state index in [2.05, 4.69) is 63.5 Å². The average molecular weight is 438 g/mol. The molecule has 0 amide bonds. The van der Waals surface area contributed by atoms with Crippen molar-refractivity contribution in [3.8, 4) is 22.3 Å². The molecule has 0 unspecified atom stereocenters. The van der Waals surface area contributed by atoms with Gasteiger partial charge in [0.1, 0.15) is 0 Å². The van der Waals surface area contributed by atoms with Crippen LogP contribution in [0.3, 0.4) is 0 Å². The van der Waals surface area contributed by atoms with Gasteiger partial charge in [0.05, 0.1) is 35.2 Å². The van der Waals surface area contributed by atoms with E-state index in [0.29, 0.717) is 0 Å². The Morgan fingerprint density at radius 1 is 0.382 bits per heavy atom. The summed E-state index contributed by atoms with van der Waals surface area (Å²) in [5, 5.41) is 0. The molecule has 162 valence electrons. The first-order chi connectivity index (χ1) is 16.8. The lowest BCUT2D eigenvalue weighted by Crippen LogP contribution is -1.92. The lowest BCUT2D eigenvalue weighted by Gasteiger charge is -2.02. The average Bonchev–Trinajstić information content (AvgIpc) is 2.93. The summed E-state index contributed by atoms with van der Waals surface area (Å²) in [5.41, 5.74) is 8.09. The minimum atomic E-state index is 0.788. The van der Waals surface area contributed by atoms with Crippen LogP contribution >= 0.6 is 0 Å². The van der Waals surface area contributed by atoms with Gasteiger partial charge in [-0.2, -0.15) is 0 Å². The third-order valence-electron chi connectivity index (χ3n) is 5.43. The number of pyridine rings is 1. The molecule has 1 aromatic heterocycles. The third-order valence-corrected chi connectivity index (χ3v) is 5.43. The molecular weight excluding hydrogens is 414 g/mol. The molecule has 0 bridgehead atoms. The quantitative estimate of drug-likeness (QED) is 0.249. The molecular formula is C31H23N3. The second kappa shape index (κ2) is 10.3. The maximum Gasteiger partial charge on any atom is 0.0820 e. The number of aliphatic imine (C=N–C) groups is 2. The first-order valence-corrected chi connectivity index (χ1v) is 11.2. The molecule has 0 spiro atoms. The minimum Gasteiger partial charge on any atom is -0.255 e. The van der Waals surface area contributed by atoms with Crippen molar-refractivity contribution in [2.45, 2.75) is 0 Å². The van der Waals surface area contributed by atoms with Crippen LogP contribution in [-0.2, 0) is 0 Å². The Bertz CT molecular complexity index is 1300. The number of nitrogens with zero attached hydrogens (tertiary/aromatic N) is 3. The van der Waals surface area contributed by atoms with Crippen LogP contribution in [0.4, 0.5) is 11.4 Å². The summed E-state index contributed by atoms with van der Waals surface area (Å²) >= 11 is 0. The van der Waals surface area contributed by atoms with E-state index in [1.807, 2.05) is 78.9 Å². The Kier molecular flexibility index (Phi) is 6.45. The smallest absolute Gasteiger partial charge is 0.0820 e. The summed E-state index contributed by atoms with van der Waals surface area (Å²) in [6.07, 6.45) is 3.56. The predicted octanol–water partition coefficient (Wildman–Crippen LogP) is 7.92. The molecule has 0 aliphatic heterocycles. The van der Waals surface area contributed by atoms with Crippen LogP contribution in [0.1, 0.15) is 11.4 Å². The first kappa shape index (κ1) is 21.2. The molecule has 0 N–H and O–H groups in total. The van der Waals surface area contributed by atoms with Crippen LogP contribution in [0.25, 0.3) is 22.3 Å². The van der Waals surface area contributed by atoms with Crippen molar-refractivity contribution in [3.63, 3.8) is 0 Å². The highest BCUT2D eigenvalue weighted by Crippen LogP contribution is 2.23. The van der Waals surface area contributed by atoms with Crippen LogP contribution in [0.2, 0.25) is 0 Å². The van der Waals surface area contributed by atoms with Crippen LogP contribution < -0.4 is 0 Å². The number of aromatic nitrogens is 1. The molecule has 0 fully saturated rings. The molecule has 0 saturated heterocycles. The van der Waals surface area contributed by atoms with Crippen molar-refractivity contribution in [3.05, 3.63) is 139 Å².